The quantitative estimate of drug-likeness (QED) is 0.117. The maximum absolute atomic E-state index is 5.52. The van der Waals surface area contributed by atoms with E-state index < -0.39 is 0 Å². The van der Waals surface area contributed by atoms with Gasteiger partial charge < -0.3 is 16.4 Å². The van der Waals surface area contributed by atoms with Crippen LogP contribution < -0.4 is 16.4 Å². The molecule has 0 saturated carbocycles. The number of rotatable bonds is 17. The Kier molecular flexibility index (Phi) is 23.9. The zero-order valence-electron chi connectivity index (χ0n) is 22.3. The SMILES string of the molecule is CCN(CCCCNCCCCNCCCCN)Cc1c2ccccc2cc2ccccc12.Cl.Cl.Cl.Cl. The van der Waals surface area contributed by atoms with Crippen LogP contribution in [0.4, 0.5) is 0 Å². The van der Waals surface area contributed by atoms with Gasteiger partial charge in [-0.2, -0.15) is 0 Å². The standard InChI is InChI=1S/C29H44N4.4ClH/c1-2-33(22-12-11-21-32-20-10-9-19-31-18-8-7-17-30)24-29-27-15-5-3-13-25(27)23-26-14-4-6-16-28(26)29;;;;/h3-6,13-16,23,31-32H,2,7-12,17-22,24,30H2,1H3;4*1H. The van der Waals surface area contributed by atoms with E-state index in [1.54, 1.807) is 0 Å². The lowest BCUT2D eigenvalue weighted by molar-refractivity contribution is 0.275. The Labute approximate surface area is 249 Å². The number of hydrogen-bond acceptors (Lipinski definition) is 4. The number of nitrogens with two attached hydrogens (primary N) is 1. The van der Waals surface area contributed by atoms with Crippen LogP contribution in [0.3, 0.4) is 0 Å². The van der Waals surface area contributed by atoms with Gasteiger partial charge >= 0.3 is 0 Å². The van der Waals surface area contributed by atoms with Gasteiger partial charge in [0, 0.05) is 6.54 Å². The van der Waals surface area contributed by atoms with Crippen molar-refractivity contribution >= 4 is 71.2 Å². The fourth-order valence-corrected chi connectivity index (χ4v) is 4.58. The molecular weight excluding hydrogens is 546 g/mol. The van der Waals surface area contributed by atoms with Gasteiger partial charge in [0.15, 0.2) is 0 Å². The highest BCUT2D eigenvalue weighted by atomic mass is 35.5. The van der Waals surface area contributed by atoms with E-state index in [9.17, 15) is 0 Å². The van der Waals surface area contributed by atoms with Crippen molar-refractivity contribution < 1.29 is 0 Å². The molecule has 0 radical (unpaired) electrons. The van der Waals surface area contributed by atoms with Crippen molar-refractivity contribution in [2.75, 3.05) is 45.8 Å². The molecule has 0 spiro atoms. The van der Waals surface area contributed by atoms with E-state index >= 15 is 0 Å². The van der Waals surface area contributed by atoms with Gasteiger partial charge in [0.25, 0.3) is 0 Å². The molecule has 0 unspecified atom stereocenters. The van der Waals surface area contributed by atoms with Crippen LogP contribution in [0.5, 0.6) is 0 Å². The zero-order valence-corrected chi connectivity index (χ0v) is 25.5. The third-order valence-electron chi connectivity index (χ3n) is 6.55. The Balaban J connectivity index is 0. The number of unbranched alkanes of at least 4 members (excludes halogenated alkanes) is 3. The van der Waals surface area contributed by atoms with Crippen molar-refractivity contribution in [2.45, 2.75) is 52.0 Å². The molecule has 0 aromatic heterocycles. The molecule has 0 aliphatic rings. The van der Waals surface area contributed by atoms with Crippen LogP contribution in [-0.2, 0) is 6.54 Å². The molecular formula is C29H48Cl4N4. The van der Waals surface area contributed by atoms with Crippen LogP contribution in [0.15, 0.2) is 54.6 Å². The highest BCUT2D eigenvalue weighted by Gasteiger charge is 2.11. The van der Waals surface area contributed by atoms with Crippen LogP contribution in [0.1, 0.15) is 51.0 Å². The van der Waals surface area contributed by atoms with Gasteiger partial charge in [-0.15, -0.1) is 49.6 Å². The number of hydrogen-bond donors (Lipinski definition) is 3. The fourth-order valence-electron chi connectivity index (χ4n) is 4.58. The number of nitrogens with zero attached hydrogens (tertiary/aromatic N) is 1. The minimum atomic E-state index is 0. The molecule has 8 heteroatoms. The van der Waals surface area contributed by atoms with Gasteiger partial charge in [0.05, 0.1) is 0 Å². The zero-order chi connectivity index (χ0) is 23.1. The minimum Gasteiger partial charge on any atom is -0.330 e. The highest BCUT2D eigenvalue weighted by molar-refractivity contribution is 6.02. The lowest BCUT2D eigenvalue weighted by atomic mass is 9.96. The molecule has 0 aliphatic carbocycles. The minimum absolute atomic E-state index is 0. The third-order valence-corrected chi connectivity index (χ3v) is 6.55. The average Bonchev–Trinajstić information content (AvgIpc) is 2.85. The number of halogens is 4. The number of fused-ring (bicyclic) bond motifs is 2. The van der Waals surface area contributed by atoms with Crippen molar-refractivity contribution in [3.05, 3.63) is 60.2 Å². The normalized spacial score (nSPS) is 10.5. The summed E-state index contributed by atoms with van der Waals surface area (Å²) in [6.07, 6.45) is 7.30. The predicted octanol–water partition coefficient (Wildman–Crippen LogP) is 6.98. The van der Waals surface area contributed by atoms with Crippen molar-refractivity contribution in [3.63, 3.8) is 0 Å². The fraction of sp³-hybridized carbons (Fsp3) is 0.517. The summed E-state index contributed by atoms with van der Waals surface area (Å²) >= 11 is 0. The van der Waals surface area contributed by atoms with Crippen molar-refractivity contribution in [1.29, 1.82) is 0 Å². The molecule has 0 bridgehead atoms. The Morgan fingerprint density at radius 1 is 0.649 bits per heavy atom. The molecule has 3 rings (SSSR count). The molecule has 37 heavy (non-hydrogen) atoms. The number of benzene rings is 3. The summed E-state index contributed by atoms with van der Waals surface area (Å²) in [6, 6.07) is 20.0. The molecule has 3 aromatic rings. The Morgan fingerprint density at radius 3 is 1.59 bits per heavy atom. The summed E-state index contributed by atoms with van der Waals surface area (Å²) in [5, 5.41) is 12.6. The van der Waals surface area contributed by atoms with Gasteiger partial charge in [-0.05, 0) is 118 Å². The third kappa shape index (κ3) is 13.2. The molecule has 0 atom stereocenters. The number of nitrogens with one attached hydrogen (secondary N) is 2. The van der Waals surface area contributed by atoms with Crippen LogP contribution in [0.25, 0.3) is 21.5 Å². The molecule has 0 heterocycles. The van der Waals surface area contributed by atoms with E-state index in [4.69, 9.17) is 5.73 Å². The lowest BCUT2D eigenvalue weighted by Crippen LogP contribution is -2.25. The summed E-state index contributed by atoms with van der Waals surface area (Å²) in [5.74, 6) is 0. The summed E-state index contributed by atoms with van der Waals surface area (Å²) in [5.41, 5.74) is 6.99. The molecule has 0 fully saturated rings. The van der Waals surface area contributed by atoms with Crippen molar-refractivity contribution in [2.24, 2.45) is 5.73 Å². The lowest BCUT2D eigenvalue weighted by Gasteiger charge is -2.23. The topological polar surface area (TPSA) is 53.3 Å². The monoisotopic (exact) mass is 592 g/mol. The summed E-state index contributed by atoms with van der Waals surface area (Å²) in [4.78, 5) is 2.60. The van der Waals surface area contributed by atoms with E-state index in [1.807, 2.05) is 0 Å². The van der Waals surface area contributed by atoms with Crippen molar-refractivity contribution in [3.8, 4) is 0 Å². The first-order chi connectivity index (χ1) is 16.3. The largest absolute Gasteiger partial charge is 0.330 e. The van der Waals surface area contributed by atoms with Gasteiger partial charge in [0.2, 0.25) is 0 Å². The van der Waals surface area contributed by atoms with Gasteiger partial charge in [-0.25, -0.2) is 0 Å². The Bertz CT molecular complexity index is 903. The van der Waals surface area contributed by atoms with Gasteiger partial charge in [-0.1, -0.05) is 55.5 Å². The predicted molar refractivity (Wildman–Crippen MR) is 174 cm³/mol. The van der Waals surface area contributed by atoms with Crippen LogP contribution in [-0.4, -0.2) is 50.7 Å². The first-order valence-corrected chi connectivity index (χ1v) is 13.1. The van der Waals surface area contributed by atoms with E-state index in [2.05, 4.69) is 77.1 Å². The second-order valence-electron chi connectivity index (χ2n) is 9.08. The molecule has 3 aromatic carbocycles. The smallest absolute Gasteiger partial charge is 0.0245 e. The second-order valence-corrected chi connectivity index (χ2v) is 9.08. The Hall–Kier alpha value is -0.820. The molecule has 4 N–H and O–H groups in total. The summed E-state index contributed by atoms with van der Waals surface area (Å²) in [6.45, 7) is 10.8. The maximum Gasteiger partial charge on any atom is 0.0245 e. The van der Waals surface area contributed by atoms with Crippen LogP contribution in [0, 0.1) is 0 Å². The molecule has 0 aliphatic heterocycles. The average molecular weight is 595 g/mol. The first kappa shape index (κ1) is 38.3. The molecule has 0 saturated heterocycles. The van der Waals surface area contributed by atoms with E-state index in [1.165, 1.54) is 59.2 Å². The molecule has 4 nitrogen and oxygen atoms in total. The highest BCUT2D eigenvalue weighted by Crippen LogP contribution is 2.29. The van der Waals surface area contributed by atoms with Crippen molar-refractivity contribution in [1.82, 2.24) is 15.5 Å². The molecule has 0 amide bonds. The molecule has 212 valence electrons. The van der Waals surface area contributed by atoms with Gasteiger partial charge in [0.1, 0.15) is 0 Å². The Morgan fingerprint density at radius 2 is 1.11 bits per heavy atom. The first-order valence-electron chi connectivity index (χ1n) is 13.1. The van der Waals surface area contributed by atoms with Gasteiger partial charge in [-0.3, -0.25) is 4.90 Å². The summed E-state index contributed by atoms with van der Waals surface area (Å²) in [7, 11) is 0. The maximum atomic E-state index is 5.52. The van der Waals surface area contributed by atoms with Crippen LogP contribution in [0.2, 0.25) is 0 Å². The summed E-state index contributed by atoms with van der Waals surface area (Å²) < 4.78 is 0. The second kappa shape index (κ2) is 23.1. The van der Waals surface area contributed by atoms with E-state index in [0.29, 0.717) is 0 Å². The van der Waals surface area contributed by atoms with E-state index in [0.717, 1.165) is 58.8 Å². The van der Waals surface area contributed by atoms with E-state index in [-0.39, 0.29) is 49.6 Å². The van der Waals surface area contributed by atoms with Crippen LogP contribution >= 0.6 is 49.6 Å².